The van der Waals surface area contributed by atoms with E-state index in [-0.39, 0.29) is 6.04 Å². The molecule has 7 nitrogen and oxygen atoms in total. The van der Waals surface area contributed by atoms with E-state index in [1.165, 1.54) is 16.1 Å². The van der Waals surface area contributed by atoms with E-state index < -0.39 is 12.7 Å². The molecule has 0 aromatic rings. The van der Waals surface area contributed by atoms with Gasteiger partial charge in [0.15, 0.2) is 0 Å². The quantitative estimate of drug-likeness (QED) is 0.177. The Kier molecular flexibility index (Phi) is 8.69. The van der Waals surface area contributed by atoms with Crippen LogP contribution >= 0.6 is 30.5 Å². The number of nitrogens with zero attached hydrogens (tertiary/aromatic N) is 3. The smallest absolute Gasteiger partial charge is 0.317 e. The monoisotopic (exact) mass is 387 g/mol. The Labute approximate surface area is 145 Å². The Morgan fingerprint density at radius 3 is 2.50 bits per heavy atom. The van der Waals surface area contributed by atoms with Crippen LogP contribution in [0.25, 0.3) is 0 Å². The van der Waals surface area contributed by atoms with Gasteiger partial charge in [0.1, 0.15) is 5.04 Å². The first-order valence-electron chi connectivity index (χ1n) is 6.70. The summed E-state index contributed by atoms with van der Waals surface area (Å²) < 4.78 is 14.5. The fraction of sp³-hybridized carbons (Fsp3) is 0.818. The van der Waals surface area contributed by atoms with Crippen LogP contribution in [0.2, 0.25) is 0 Å². The minimum Gasteiger partial charge on any atom is -0.317 e. The lowest BCUT2D eigenvalue weighted by Crippen LogP contribution is -2.32. The van der Waals surface area contributed by atoms with E-state index in [0.717, 1.165) is 18.6 Å². The van der Waals surface area contributed by atoms with Crippen LogP contribution in [0, 0.1) is 0 Å². The molecule has 1 rings (SSSR count). The first-order valence-corrected chi connectivity index (χ1v) is 11.2. The molecule has 1 aliphatic rings. The standard InChI is InChI=1S/C11H22N3O4PS3/c1-9(2)14(19(20)16-7-6-8-17-19)22-13(4)11(15)18-12-10(3)21-5/h9H,6-8H2,1-5H3. The van der Waals surface area contributed by atoms with Gasteiger partial charge < -0.3 is 9.05 Å². The summed E-state index contributed by atoms with van der Waals surface area (Å²) in [5.41, 5.74) is 0. The van der Waals surface area contributed by atoms with Crippen LogP contribution < -0.4 is 0 Å². The highest BCUT2D eigenvalue weighted by Gasteiger charge is 2.36. The molecule has 0 spiro atoms. The summed E-state index contributed by atoms with van der Waals surface area (Å²) >= 11 is 8.09. The van der Waals surface area contributed by atoms with Crippen molar-refractivity contribution in [2.45, 2.75) is 33.2 Å². The van der Waals surface area contributed by atoms with Crippen LogP contribution in [0.15, 0.2) is 5.16 Å². The van der Waals surface area contributed by atoms with E-state index >= 15 is 0 Å². The number of amides is 1. The summed E-state index contributed by atoms with van der Waals surface area (Å²) in [5.74, 6) is 0. The van der Waals surface area contributed by atoms with Gasteiger partial charge in [0.25, 0.3) is 6.64 Å². The van der Waals surface area contributed by atoms with E-state index in [1.54, 1.807) is 14.0 Å². The number of carbonyl (C=O) groups excluding carboxylic acids is 1. The molecular weight excluding hydrogens is 365 g/mol. The average Bonchev–Trinajstić information content (AvgIpc) is 2.49. The van der Waals surface area contributed by atoms with Gasteiger partial charge in [0.05, 0.1) is 25.3 Å². The summed E-state index contributed by atoms with van der Waals surface area (Å²) in [6.45, 7) is 4.28. The molecule has 0 aliphatic carbocycles. The number of oxime groups is 1. The van der Waals surface area contributed by atoms with E-state index in [2.05, 4.69) is 5.16 Å². The Morgan fingerprint density at radius 2 is 2.00 bits per heavy atom. The van der Waals surface area contributed by atoms with Crippen molar-refractivity contribution in [3.8, 4) is 0 Å². The van der Waals surface area contributed by atoms with Gasteiger partial charge in [-0.15, -0.1) is 11.8 Å². The lowest BCUT2D eigenvalue weighted by Gasteiger charge is -2.38. The molecule has 0 unspecified atom stereocenters. The first kappa shape index (κ1) is 20.2. The third-order valence-electron chi connectivity index (χ3n) is 2.49. The zero-order valence-corrected chi connectivity index (χ0v) is 16.7. The minimum absolute atomic E-state index is 0.0422. The van der Waals surface area contributed by atoms with Gasteiger partial charge in [-0.05, 0) is 45.3 Å². The van der Waals surface area contributed by atoms with Crippen LogP contribution in [-0.2, 0) is 25.7 Å². The van der Waals surface area contributed by atoms with Gasteiger partial charge in [0, 0.05) is 13.1 Å². The SMILES string of the molecule is CSC(C)=NOC(=O)N(C)SN(C(C)C)P1(=S)OCCCO1. The summed E-state index contributed by atoms with van der Waals surface area (Å²) in [6, 6.07) is 0.0422. The number of hydrogen-bond acceptors (Lipinski definition) is 8. The molecule has 128 valence electrons. The second-order valence-corrected chi connectivity index (χ2v) is 10.3. The highest BCUT2D eigenvalue weighted by atomic mass is 32.5. The van der Waals surface area contributed by atoms with Gasteiger partial charge in [-0.1, -0.05) is 5.16 Å². The number of hydrogen-bond donors (Lipinski definition) is 0. The number of rotatable bonds is 5. The van der Waals surface area contributed by atoms with Crippen molar-refractivity contribution in [2.75, 3.05) is 26.5 Å². The largest absolute Gasteiger partial charge is 0.446 e. The molecule has 11 heteroatoms. The summed E-state index contributed by atoms with van der Waals surface area (Å²) in [5, 5.41) is 4.39. The van der Waals surface area contributed by atoms with Gasteiger partial charge in [-0.3, -0.25) is 4.84 Å². The van der Waals surface area contributed by atoms with Gasteiger partial charge >= 0.3 is 6.09 Å². The molecule has 1 saturated heterocycles. The predicted octanol–water partition coefficient (Wildman–Crippen LogP) is 3.69. The Hall–Kier alpha value is 0.170. The topological polar surface area (TPSA) is 63.6 Å². The van der Waals surface area contributed by atoms with Crippen LogP contribution in [-0.4, -0.2) is 52.1 Å². The molecule has 22 heavy (non-hydrogen) atoms. The second-order valence-electron chi connectivity index (χ2n) is 4.64. The molecule has 1 fully saturated rings. The van der Waals surface area contributed by atoms with Crippen molar-refractivity contribution < 1.29 is 18.7 Å². The fourth-order valence-electron chi connectivity index (χ4n) is 1.35. The maximum absolute atomic E-state index is 11.9. The molecule has 0 radical (unpaired) electrons. The maximum Gasteiger partial charge on any atom is 0.446 e. The second kappa shape index (κ2) is 9.46. The van der Waals surface area contributed by atoms with Crippen LogP contribution in [0.4, 0.5) is 4.79 Å². The number of carbonyl (C=O) groups is 1. The third kappa shape index (κ3) is 5.99. The summed E-state index contributed by atoms with van der Waals surface area (Å²) in [4.78, 5) is 16.8. The molecule has 1 amide bonds. The van der Waals surface area contributed by atoms with Gasteiger partial charge in [0.2, 0.25) is 0 Å². The molecule has 1 heterocycles. The minimum atomic E-state index is -2.58. The van der Waals surface area contributed by atoms with E-state index in [1.807, 2.05) is 24.2 Å². The Morgan fingerprint density at radius 1 is 1.41 bits per heavy atom. The van der Waals surface area contributed by atoms with Crippen LogP contribution in [0.1, 0.15) is 27.2 Å². The molecular formula is C11H22N3O4PS3. The molecule has 0 aromatic heterocycles. The van der Waals surface area contributed by atoms with Gasteiger partial charge in [-0.2, -0.15) is 4.08 Å². The van der Waals surface area contributed by atoms with Crippen molar-refractivity contribution in [2.24, 2.45) is 5.16 Å². The zero-order chi connectivity index (χ0) is 16.8. The van der Waals surface area contributed by atoms with Crippen molar-refractivity contribution in [3.63, 3.8) is 0 Å². The van der Waals surface area contributed by atoms with Crippen molar-refractivity contribution in [1.82, 2.24) is 8.38 Å². The fourth-order valence-corrected chi connectivity index (χ4v) is 5.84. The third-order valence-corrected chi connectivity index (χ3v) is 8.44. The summed E-state index contributed by atoms with van der Waals surface area (Å²) in [7, 11) is 1.60. The molecule has 0 atom stereocenters. The van der Waals surface area contributed by atoms with E-state index in [9.17, 15) is 4.79 Å². The maximum atomic E-state index is 11.9. The lowest BCUT2D eigenvalue weighted by atomic mass is 10.4. The lowest BCUT2D eigenvalue weighted by molar-refractivity contribution is 0.135. The average molecular weight is 387 g/mol. The summed E-state index contributed by atoms with van der Waals surface area (Å²) in [6.07, 6.45) is 2.10. The highest BCUT2D eigenvalue weighted by Crippen LogP contribution is 2.59. The molecule has 0 aromatic carbocycles. The Bertz CT molecular complexity index is 454. The number of thioether (sulfide) groups is 1. The van der Waals surface area contributed by atoms with E-state index in [4.69, 9.17) is 25.7 Å². The predicted molar refractivity (Wildman–Crippen MR) is 96.2 cm³/mol. The molecule has 0 saturated carbocycles. The van der Waals surface area contributed by atoms with Crippen LogP contribution in [0.3, 0.4) is 0 Å². The molecule has 0 N–H and O–H groups in total. The van der Waals surface area contributed by atoms with Gasteiger partial charge in [-0.25, -0.2) is 9.10 Å². The molecule has 1 aliphatic heterocycles. The van der Waals surface area contributed by atoms with Crippen molar-refractivity contribution in [3.05, 3.63) is 0 Å². The normalized spacial score (nSPS) is 18.6. The van der Waals surface area contributed by atoms with Crippen molar-refractivity contribution in [1.29, 1.82) is 0 Å². The Balaban J connectivity index is 2.70. The zero-order valence-electron chi connectivity index (χ0n) is 13.3. The molecule has 0 bridgehead atoms. The van der Waals surface area contributed by atoms with Crippen LogP contribution in [0.5, 0.6) is 0 Å². The first-order chi connectivity index (χ1) is 10.3. The van der Waals surface area contributed by atoms with E-state index in [0.29, 0.717) is 18.3 Å². The van der Waals surface area contributed by atoms with Crippen molar-refractivity contribution >= 4 is 53.5 Å². The highest BCUT2D eigenvalue weighted by molar-refractivity contribution is 8.15.